The van der Waals surface area contributed by atoms with Crippen LogP contribution in [-0.4, -0.2) is 29.5 Å². The second-order valence-electron chi connectivity index (χ2n) is 9.28. The monoisotopic (exact) mass is 546 g/mol. The number of fused-ring (bicyclic) bond motifs is 1. The summed E-state index contributed by atoms with van der Waals surface area (Å²) in [6.07, 6.45) is -2.34. The molecular weight excluding hydrogens is 521 g/mol. The van der Waals surface area contributed by atoms with Crippen molar-refractivity contribution in [3.63, 3.8) is 0 Å². The van der Waals surface area contributed by atoms with Crippen molar-refractivity contribution in [1.29, 1.82) is 0 Å². The number of nitrogens with one attached hydrogen (secondary N) is 1. The van der Waals surface area contributed by atoms with E-state index < -0.39 is 23.1 Å². The van der Waals surface area contributed by atoms with Gasteiger partial charge in [-0.05, 0) is 55.1 Å². The number of alkyl halides is 3. The van der Waals surface area contributed by atoms with E-state index in [0.29, 0.717) is 33.4 Å². The van der Waals surface area contributed by atoms with E-state index in [2.05, 4.69) is 10.3 Å². The quantitative estimate of drug-likeness (QED) is 0.190. The highest BCUT2D eigenvalue weighted by atomic mass is 19.4. The van der Waals surface area contributed by atoms with Gasteiger partial charge < -0.3 is 10.1 Å². The molecule has 1 N–H and O–H groups in total. The van der Waals surface area contributed by atoms with Crippen molar-refractivity contribution < 1.29 is 32.3 Å². The van der Waals surface area contributed by atoms with E-state index in [4.69, 9.17) is 4.74 Å². The number of amides is 1. The molecule has 0 unspecified atom stereocenters. The zero-order valence-electron chi connectivity index (χ0n) is 21.9. The molecule has 0 radical (unpaired) electrons. The third-order valence-corrected chi connectivity index (χ3v) is 6.04. The maximum Gasteiger partial charge on any atom is 0.417 e. The summed E-state index contributed by atoms with van der Waals surface area (Å²) in [5, 5.41) is 3.70. The van der Waals surface area contributed by atoms with E-state index in [1.807, 2.05) is 0 Å². The van der Waals surface area contributed by atoms with Gasteiger partial charge in [0.25, 0.3) is 5.91 Å². The number of benzene rings is 3. The Morgan fingerprint density at radius 3 is 2.35 bits per heavy atom. The Morgan fingerprint density at radius 2 is 1.65 bits per heavy atom. The second-order valence-corrected chi connectivity index (χ2v) is 9.28. The van der Waals surface area contributed by atoms with Crippen molar-refractivity contribution >= 4 is 28.2 Å². The molecule has 4 aromatic rings. The molecule has 0 bridgehead atoms. The molecule has 204 valence electrons. The van der Waals surface area contributed by atoms with Crippen LogP contribution in [0.15, 0.2) is 84.6 Å². The Balaban J connectivity index is 1.67. The van der Waals surface area contributed by atoms with Gasteiger partial charge in [-0.3, -0.25) is 19.4 Å². The number of ketones is 2. The van der Waals surface area contributed by atoms with E-state index in [1.54, 1.807) is 56.3 Å². The molecule has 0 aliphatic heterocycles. The number of Topliss-reactive ketones (excluding diaryl/α,β-unsaturated/α-hetero) is 1. The molecule has 0 aliphatic carbocycles. The Bertz CT molecular complexity index is 1650. The van der Waals surface area contributed by atoms with Crippen LogP contribution in [0.3, 0.4) is 0 Å². The number of pyridine rings is 1. The molecule has 0 atom stereocenters. The summed E-state index contributed by atoms with van der Waals surface area (Å²) in [4.78, 5) is 41.9. The van der Waals surface area contributed by atoms with E-state index in [-0.39, 0.29) is 29.4 Å². The van der Waals surface area contributed by atoms with Gasteiger partial charge in [-0.25, -0.2) is 0 Å². The van der Waals surface area contributed by atoms with Crippen molar-refractivity contribution in [2.75, 3.05) is 7.05 Å². The number of hydrogen-bond acceptors (Lipinski definition) is 5. The lowest BCUT2D eigenvalue weighted by Gasteiger charge is -2.14. The Hall–Kier alpha value is -4.79. The molecule has 40 heavy (non-hydrogen) atoms. The van der Waals surface area contributed by atoms with Gasteiger partial charge in [-0.15, -0.1) is 0 Å². The average molecular weight is 547 g/mol. The Labute approximate surface area is 228 Å². The molecule has 0 fully saturated rings. The number of halogens is 3. The molecule has 0 saturated heterocycles. The lowest BCUT2D eigenvalue weighted by atomic mass is 9.93. The van der Waals surface area contributed by atoms with E-state index in [1.165, 1.54) is 25.4 Å². The lowest BCUT2D eigenvalue weighted by molar-refractivity contribution is -0.137. The average Bonchev–Trinajstić information content (AvgIpc) is 2.91. The summed E-state index contributed by atoms with van der Waals surface area (Å²) in [5.74, 6) is -0.676. The first-order valence-electron chi connectivity index (χ1n) is 12.3. The standard InChI is InChI=1S/C31H25F3N2O4/c1-18(2)14-27(37)24-15-19(10-11-25(24)31(32,33)34)16-28(38)22-7-4-8-23-21(22)6-5-9-29(23)40-20-12-13-36-26(17-20)30(39)35-3/h4-15,17H,16H2,1-3H3,(H,35,39). The van der Waals surface area contributed by atoms with Crippen LogP contribution < -0.4 is 10.1 Å². The minimum absolute atomic E-state index is 0.176. The predicted molar refractivity (Wildman–Crippen MR) is 145 cm³/mol. The van der Waals surface area contributed by atoms with Gasteiger partial charge in [0.15, 0.2) is 11.6 Å². The normalized spacial score (nSPS) is 11.2. The second kappa shape index (κ2) is 11.5. The van der Waals surface area contributed by atoms with Crippen LogP contribution in [0.5, 0.6) is 11.5 Å². The molecule has 1 heterocycles. The zero-order chi connectivity index (χ0) is 29.0. The Morgan fingerprint density at radius 1 is 0.925 bits per heavy atom. The van der Waals surface area contributed by atoms with Crippen LogP contribution in [0, 0.1) is 0 Å². The van der Waals surface area contributed by atoms with Crippen molar-refractivity contribution in [3.05, 3.63) is 113 Å². The number of ether oxygens (including phenoxy) is 1. The summed E-state index contributed by atoms with van der Waals surface area (Å²) in [6.45, 7) is 3.24. The smallest absolute Gasteiger partial charge is 0.417 e. The highest BCUT2D eigenvalue weighted by Crippen LogP contribution is 2.34. The van der Waals surface area contributed by atoms with E-state index >= 15 is 0 Å². The van der Waals surface area contributed by atoms with Gasteiger partial charge in [0, 0.05) is 42.2 Å². The molecular formula is C31H25F3N2O4. The largest absolute Gasteiger partial charge is 0.457 e. The number of hydrogen-bond donors (Lipinski definition) is 1. The number of aromatic nitrogens is 1. The van der Waals surface area contributed by atoms with Gasteiger partial charge in [-0.2, -0.15) is 13.2 Å². The molecule has 0 aliphatic rings. The fourth-order valence-electron chi connectivity index (χ4n) is 4.24. The molecule has 4 rings (SSSR count). The van der Waals surface area contributed by atoms with Crippen LogP contribution >= 0.6 is 0 Å². The molecule has 1 aromatic heterocycles. The van der Waals surface area contributed by atoms with Crippen LogP contribution in [0.25, 0.3) is 10.8 Å². The van der Waals surface area contributed by atoms with Crippen molar-refractivity contribution in [2.24, 2.45) is 0 Å². The minimum Gasteiger partial charge on any atom is -0.457 e. The van der Waals surface area contributed by atoms with Crippen LogP contribution in [0.1, 0.15) is 56.2 Å². The lowest BCUT2D eigenvalue weighted by Crippen LogP contribution is -2.18. The SMILES string of the molecule is CNC(=O)c1cc(Oc2cccc3c(C(=O)Cc4ccc(C(F)(F)F)c(C(=O)C=C(C)C)c4)cccc23)ccn1. The maximum atomic E-state index is 13.6. The number of carbonyl (C=O) groups is 3. The number of allylic oxidation sites excluding steroid dienone is 2. The summed E-state index contributed by atoms with van der Waals surface area (Å²) in [6, 6.07) is 16.5. The van der Waals surface area contributed by atoms with Crippen LogP contribution in [0.2, 0.25) is 0 Å². The third-order valence-electron chi connectivity index (χ3n) is 6.04. The third kappa shape index (κ3) is 6.26. The van der Waals surface area contributed by atoms with Gasteiger partial charge in [0.05, 0.1) is 5.56 Å². The van der Waals surface area contributed by atoms with Gasteiger partial charge in [0.2, 0.25) is 0 Å². The fourth-order valence-corrected chi connectivity index (χ4v) is 4.24. The first-order valence-corrected chi connectivity index (χ1v) is 12.3. The highest BCUT2D eigenvalue weighted by molar-refractivity contribution is 6.10. The number of rotatable bonds is 8. The van der Waals surface area contributed by atoms with Gasteiger partial charge in [0.1, 0.15) is 17.2 Å². The van der Waals surface area contributed by atoms with Crippen LogP contribution in [0.4, 0.5) is 13.2 Å². The summed E-state index contributed by atoms with van der Waals surface area (Å²) < 4.78 is 46.8. The first kappa shape index (κ1) is 28.2. The zero-order valence-corrected chi connectivity index (χ0v) is 21.9. The predicted octanol–water partition coefficient (Wildman–Crippen LogP) is 6.98. The first-order chi connectivity index (χ1) is 19.0. The topological polar surface area (TPSA) is 85.4 Å². The molecule has 6 nitrogen and oxygen atoms in total. The molecule has 0 spiro atoms. The van der Waals surface area contributed by atoms with Crippen molar-refractivity contribution in [3.8, 4) is 11.5 Å². The van der Waals surface area contributed by atoms with Gasteiger partial charge in [-0.1, -0.05) is 42.0 Å². The molecule has 1 amide bonds. The van der Waals surface area contributed by atoms with Crippen molar-refractivity contribution in [1.82, 2.24) is 10.3 Å². The molecule has 3 aromatic carbocycles. The van der Waals surface area contributed by atoms with Crippen LogP contribution in [-0.2, 0) is 12.6 Å². The Kier molecular flexibility index (Phi) is 8.13. The number of nitrogens with zero attached hydrogens (tertiary/aromatic N) is 1. The fraction of sp³-hybridized carbons (Fsp3) is 0.161. The summed E-state index contributed by atoms with van der Waals surface area (Å²) >= 11 is 0. The number of carbonyl (C=O) groups excluding carboxylic acids is 3. The van der Waals surface area contributed by atoms with Crippen molar-refractivity contribution in [2.45, 2.75) is 26.4 Å². The summed E-state index contributed by atoms with van der Waals surface area (Å²) in [5.41, 5.74) is -0.178. The maximum absolute atomic E-state index is 13.6. The molecule has 9 heteroatoms. The van der Waals surface area contributed by atoms with E-state index in [9.17, 15) is 27.6 Å². The highest BCUT2D eigenvalue weighted by Gasteiger charge is 2.35. The molecule has 0 saturated carbocycles. The summed E-state index contributed by atoms with van der Waals surface area (Å²) in [7, 11) is 1.49. The minimum atomic E-state index is -4.72. The van der Waals surface area contributed by atoms with Gasteiger partial charge >= 0.3 is 6.18 Å². The van der Waals surface area contributed by atoms with E-state index in [0.717, 1.165) is 18.2 Å².